The molecule has 0 spiro atoms. The van der Waals surface area contributed by atoms with Crippen molar-refractivity contribution >= 4 is 11.6 Å². The van der Waals surface area contributed by atoms with E-state index in [4.69, 9.17) is 4.52 Å². The first-order valence-corrected chi connectivity index (χ1v) is 7.00. The van der Waals surface area contributed by atoms with Crippen molar-refractivity contribution in [1.29, 1.82) is 0 Å². The molecule has 1 amide bonds. The minimum absolute atomic E-state index is 0.0905. The number of anilines is 1. The molecule has 1 heterocycles. The molecule has 2 aromatic carbocycles. The fraction of sp³-hybridized carbons (Fsp3) is 0.118. The average Bonchev–Trinajstić information content (AvgIpc) is 2.96. The fourth-order valence-electron chi connectivity index (χ4n) is 2.07. The Bertz CT molecular complexity index is 739. The number of benzene rings is 2. The van der Waals surface area contributed by atoms with Crippen LogP contribution < -0.4 is 5.32 Å². The number of carbonyl (C=O) groups excluding carboxylic acids is 1. The molecule has 1 N–H and O–H groups in total. The number of hydrogen-bond donors (Lipinski definition) is 1. The zero-order chi connectivity index (χ0) is 15.2. The van der Waals surface area contributed by atoms with Crippen LogP contribution in [0, 0.1) is 0 Å². The van der Waals surface area contributed by atoms with Crippen molar-refractivity contribution in [2.75, 3.05) is 5.32 Å². The minimum Gasteiger partial charge on any atom is -0.339 e. The van der Waals surface area contributed by atoms with Crippen LogP contribution in [0.4, 0.5) is 5.69 Å². The van der Waals surface area contributed by atoms with E-state index in [9.17, 15) is 4.79 Å². The van der Waals surface area contributed by atoms with Crippen molar-refractivity contribution in [1.82, 2.24) is 10.1 Å². The topological polar surface area (TPSA) is 68.0 Å². The Labute approximate surface area is 128 Å². The summed E-state index contributed by atoms with van der Waals surface area (Å²) in [5.74, 6) is 0.728. The van der Waals surface area contributed by atoms with Gasteiger partial charge in [0.15, 0.2) is 5.82 Å². The maximum atomic E-state index is 11.9. The molecule has 0 saturated carbocycles. The molecular formula is C17H15N3O2. The van der Waals surface area contributed by atoms with Gasteiger partial charge in [-0.25, -0.2) is 0 Å². The Balaban J connectivity index is 1.58. The molecule has 5 nitrogen and oxygen atoms in total. The molecule has 5 heteroatoms. The molecule has 0 radical (unpaired) electrons. The van der Waals surface area contributed by atoms with E-state index in [-0.39, 0.29) is 12.3 Å². The van der Waals surface area contributed by atoms with Gasteiger partial charge in [-0.05, 0) is 17.7 Å². The second-order valence-electron chi connectivity index (χ2n) is 4.86. The predicted molar refractivity (Wildman–Crippen MR) is 82.3 cm³/mol. The van der Waals surface area contributed by atoms with E-state index in [1.165, 1.54) is 0 Å². The Hall–Kier alpha value is -2.95. The van der Waals surface area contributed by atoms with Crippen LogP contribution >= 0.6 is 0 Å². The number of nitrogens with one attached hydrogen (secondary N) is 1. The highest BCUT2D eigenvalue weighted by Gasteiger charge is 2.11. The highest BCUT2D eigenvalue weighted by atomic mass is 16.5. The van der Waals surface area contributed by atoms with Crippen LogP contribution in [0.1, 0.15) is 17.3 Å². The van der Waals surface area contributed by atoms with Crippen LogP contribution in [-0.4, -0.2) is 16.0 Å². The third-order valence-electron chi connectivity index (χ3n) is 3.08. The second kappa shape index (κ2) is 6.67. The molecule has 110 valence electrons. The molecule has 0 bridgehead atoms. The standard InChI is InChI=1S/C17H15N3O2/c21-16(18-14-9-5-2-6-10-14)12-15-19-17(22-20-15)11-13-7-3-1-4-8-13/h1-10H,11-12H2,(H,18,21). The Kier molecular flexibility index (Phi) is 4.25. The Morgan fingerprint density at radius 1 is 1.00 bits per heavy atom. The summed E-state index contributed by atoms with van der Waals surface area (Å²) >= 11 is 0. The SMILES string of the molecule is O=C(Cc1noc(Cc2ccccc2)n1)Nc1ccccc1. The van der Waals surface area contributed by atoms with Crippen LogP contribution in [-0.2, 0) is 17.6 Å². The van der Waals surface area contributed by atoms with E-state index in [0.29, 0.717) is 18.1 Å². The summed E-state index contributed by atoms with van der Waals surface area (Å²) in [6.07, 6.45) is 0.654. The molecule has 0 unspecified atom stereocenters. The van der Waals surface area contributed by atoms with Gasteiger partial charge in [0.1, 0.15) is 0 Å². The third-order valence-corrected chi connectivity index (χ3v) is 3.08. The fourth-order valence-corrected chi connectivity index (χ4v) is 2.07. The zero-order valence-electron chi connectivity index (χ0n) is 11.9. The van der Waals surface area contributed by atoms with Crippen molar-refractivity contribution in [2.45, 2.75) is 12.8 Å². The molecule has 0 atom stereocenters. The number of hydrogen-bond acceptors (Lipinski definition) is 4. The van der Waals surface area contributed by atoms with Gasteiger partial charge in [-0.1, -0.05) is 53.7 Å². The quantitative estimate of drug-likeness (QED) is 0.785. The Morgan fingerprint density at radius 2 is 1.68 bits per heavy atom. The molecule has 0 fully saturated rings. The van der Waals surface area contributed by atoms with Crippen molar-refractivity contribution in [3.63, 3.8) is 0 Å². The first kappa shape index (κ1) is 14.0. The number of aromatic nitrogens is 2. The monoisotopic (exact) mass is 293 g/mol. The second-order valence-corrected chi connectivity index (χ2v) is 4.86. The molecule has 3 rings (SSSR count). The first-order chi connectivity index (χ1) is 10.8. The molecule has 22 heavy (non-hydrogen) atoms. The molecule has 3 aromatic rings. The van der Waals surface area contributed by atoms with Gasteiger partial charge >= 0.3 is 0 Å². The van der Waals surface area contributed by atoms with Crippen molar-refractivity contribution in [3.8, 4) is 0 Å². The smallest absolute Gasteiger partial charge is 0.232 e. The largest absolute Gasteiger partial charge is 0.339 e. The van der Waals surface area contributed by atoms with Crippen molar-refractivity contribution in [3.05, 3.63) is 77.9 Å². The first-order valence-electron chi connectivity index (χ1n) is 7.00. The van der Waals surface area contributed by atoms with Gasteiger partial charge in [0.05, 0.1) is 12.8 Å². The summed E-state index contributed by atoms with van der Waals surface area (Å²) in [6, 6.07) is 19.1. The van der Waals surface area contributed by atoms with Crippen LogP contribution in [0.25, 0.3) is 0 Å². The molecule has 0 saturated heterocycles. The zero-order valence-corrected chi connectivity index (χ0v) is 11.9. The van der Waals surface area contributed by atoms with E-state index in [2.05, 4.69) is 15.5 Å². The van der Waals surface area contributed by atoms with Gasteiger partial charge in [-0.15, -0.1) is 0 Å². The highest BCUT2D eigenvalue weighted by Crippen LogP contribution is 2.09. The van der Waals surface area contributed by atoms with Gasteiger partial charge in [0.2, 0.25) is 11.8 Å². The van der Waals surface area contributed by atoms with Gasteiger partial charge in [-0.3, -0.25) is 4.79 Å². The van der Waals surface area contributed by atoms with Crippen molar-refractivity contribution in [2.24, 2.45) is 0 Å². The normalized spacial score (nSPS) is 10.4. The van der Waals surface area contributed by atoms with E-state index in [0.717, 1.165) is 11.3 Å². The maximum absolute atomic E-state index is 11.9. The maximum Gasteiger partial charge on any atom is 0.232 e. The lowest BCUT2D eigenvalue weighted by molar-refractivity contribution is -0.115. The molecule has 0 aliphatic carbocycles. The Morgan fingerprint density at radius 3 is 2.41 bits per heavy atom. The van der Waals surface area contributed by atoms with E-state index < -0.39 is 0 Å². The van der Waals surface area contributed by atoms with Crippen LogP contribution in [0.15, 0.2) is 65.2 Å². The third kappa shape index (κ3) is 3.79. The molecule has 0 aliphatic rings. The van der Waals surface area contributed by atoms with Crippen LogP contribution in [0.2, 0.25) is 0 Å². The average molecular weight is 293 g/mol. The summed E-state index contributed by atoms with van der Waals surface area (Å²) < 4.78 is 5.18. The number of rotatable bonds is 5. The lowest BCUT2D eigenvalue weighted by Crippen LogP contribution is -2.15. The van der Waals surface area contributed by atoms with Crippen molar-refractivity contribution < 1.29 is 9.32 Å². The molecular weight excluding hydrogens is 278 g/mol. The van der Waals surface area contributed by atoms with Crippen LogP contribution in [0.5, 0.6) is 0 Å². The van der Waals surface area contributed by atoms with Crippen LogP contribution in [0.3, 0.4) is 0 Å². The number of para-hydroxylation sites is 1. The number of carbonyl (C=O) groups is 1. The molecule has 1 aromatic heterocycles. The van der Waals surface area contributed by atoms with E-state index >= 15 is 0 Å². The van der Waals surface area contributed by atoms with Gasteiger partial charge in [-0.2, -0.15) is 4.98 Å². The van der Waals surface area contributed by atoms with E-state index in [1.807, 2.05) is 60.7 Å². The summed E-state index contributed by atoms with van der Waals surface area (Å²) in [5, 5.41) is 6.64. The van der Waals surface area contributed by atoms with Gasteiger partial charge < -0.3 is 9.84 Å². The summed E-state index contributed by atoms with van der Waals surface area (Å²) in [7, 11) is 0. The number of nitrogens with zero attached hydrogens (tertiary/aromatic N) is 2. The van der Waals surface area contributed by atoms with E-state index in [1.54, 1.807) is 0 Å². The number of amides is 1. The minimum atomic E-state index is -0.168. The summed E-state index contributed by atoms with van der Waals surface area (Å²) in [4.78, 5) is 16.2. The van der Waals surface area contributed by atoms with Gasteiger partial charge in [0.25, 0.3) is 0 Å². The summed E-state index contributed by atoms with van der Waals surface area (Å²) in [6.45, 7) is 0. The highest BCUT2D eigenvalue weighted by molar-refractivity contribution is 5.91. The predicted octanol–water partition coefficient (Wildman–Crippen LogP) is 2.84. The van der Waals surface area contributed by atoms with Gasteiger partial charge in [0, 0.05) is 5.69 Å². The molecule has 0 aliphatic heterocycles. The summed E-state index contributed by atoms with van der Waals surface area (Å²) in [5.41, 5.74) is 1.84. The lowest BCUT2D eigenvalue weighted by atomic mass is 10.1. The lowest BCUT2D eigenvalue weighted by Gasteiger charge is -2.01.